The van der Waals surface area contributed by atoms with Gasteiger partial charge in [-0.05, 0) is 28.9 Å². The van der Waals surface area contributed by atoms with E-state index in [1.807, 2.05) is 18.4 Å². The molecule has 84 valence electrons. The first-order valence-electron chi connectivity index (χ1n) is 4.58. The summed E-state index contributed by atoms with van der Waals surface area (Å²) in [6, 6.07) is 1.82. The zero-order chi connectivity index (χ0) is 11.5. The minimum atomic E-state index is -0.0481. The van der Waals surface area contributed by atoms with Crippen molar-refractivity contribution in [2.75, 3.05) is 0 Å². The van der Waals surface area contributed by atoms with E-state index in [1.165, 1.54) is 11.3 Å². The molecule has 3 nitrogen and oxygen atoms in total. The summed E-state index contributed by atoms with van der Waals surface area (Å²) < 4.78 is 0.964. The molecule has 16 heavy (non-hydrogen) atoms. The summed E-state index contributed by atoms with van der Waals surface area (Å²) in [5.41, 5.74) is 0.693. The molecule has 0 bridgehead atoms. The Labute approximate surface area is 110 Å². The summed E-state index contributed by atoms with van der Waals surface area (Å²) in [5, 5.41) is 5.71. The van der Waals surface area contributed by atoms with Crippen molar-refractivity contribution in [3.05, 3.63) is 36.9 Å². The highest BCUT2D eigenvalue weighted by Crippen LogP contribution is 2.20. The Kier molecular flexibility index (Phi) is 3.73. The number of nitrogens with zero attached hydrogens (tertiary/aromatic N) is 1. The maximum absolute atomic E-state index is 11.7. The highest BCUT2D eigenvalue weighted by molar-refractivity contribution is 9.11. The van der Waals surface area contributed by atoms with Crippen LogP contribution in [-0.2, 0) is 6.54 Å². The molecule has 0 aromatic carbocycles. The van der Waals surface area contributed by atoms with Gasteiger partial charge < -0.3 is 5.32 Å². The molecule has 0 spiro atoms. The van der Waals surface area contributed by atoms with Crippen molar-refractivity contribution in [2.45, 2.75) is 13.5 Å². The first-order chi connectivity index (χ1) is 7.65. The van der Waals surface area contributed by atoms with Crippen LogP contribution in [0.15, 0.2) is 21.4 Å². The highest BCUT2D eigenvalue weighted by atomic mass is 79.9. The van der Waals surface area contributed by atoms with E-state index < -0.39 is 0 Å². The second kappa shape index (κ2) is 5.07. The van der Waals surface area contributed by atoms with Gasteiger partial charge in [0.1, 0.15) is 0 Å². The zero-order valence-electron chi connectivity index (χ0n) is 8.49. The number of carbonyl (C=O) groups is 1. The number of carbonyl (C=O) groups excluding carboxylic acids is 1. The standard InChI is InChI=1S/C10H9BrN2OS2/c1-6-12-3-8(16-6)4-13-10(14)7-2-9(11)15-5-7/h2-3,5H,4H2,1H3,(H,13,14). The summed E-state index contributed by atoms with van der Waals surface area (Å²) in [5.74, 6) is -0.0481. The van der Waals surface area contributed by atoms with E-state index in [-0.39, 0.29) is 5.91 Å². The minimum absolute atomic E-state index is 0.0481. The van der Waals surface area contributed by atoms with Crippen LogP contribution < -0.4 is 5.32 Å². The normalized spacial score (nSPS) is 10.4. The van der Waals surface area contributed by atoms with Gasteiger partial charge >= 0.3 is 0 Å². The smallest absolute Gasteiger partial charge is 0.252 e. The maximum atomic E-state index is 11.7. The van der Waals surface area contributed by atoms with Crippen molar-refractivity contribution in [3.63, 3.8) is 0 Å². The lowest BCUT2D eigenvalue weighted by Crippen LogP contribution is -2.21. The van der Waals surface area contributed by atoms with Gasteiger partial charge in [-0.2, -0.15) is 0 Å². The lowest BCUT2D eigenvalue weighted by molar-refractivity contribution is 0.0951. The van der Waals surface area contributed by atoms with Crippen LogP contribution in [0.1, 0.15) is 20.2 Å². The largest absolute Gasteiger partial charge is 0.347 e. The summed E-state index contributed by atoms with van der Waals surface area (Å²) in [7, 11) is 0. The third kappa shape index (κ3) is 2.90. The van der Waals surface area contributed by atoms with Crippen LogP contribution in [0.4, 0.5) is 0 Å². The molecule has 0 aliphatic rings. The second-order valence-corrected chi connectivity index (χ2v) is 6.78. The van der Waals surface area contributed by atoms with Gasteiger partial charge in [0.05, 0.1) is 20.9 Å². The van der Waals surface area contributed by atoms with Gasteiger partial charge in [0.2, 0.25) is 0 Å². The third-order valence-corrected chi connectivity index (χ3v) is 4.34. The first kappa shape index (κ1) is 11.8. The van der Waals surface area contributed by atoms with Crippen molar-refractivity contribution in [1.29, 1.82) is 0 Å². The van der Waals surface area contributed by atoms with Gasteiger partial charge in [0.25, 0.3) is 5.91 Å². The molecule has 1 amide bonds. The molecule has 2 aromatic rings. The molecule has 0 radical (unpaired) electrons. The quantitative estimate of drug-likeness (QED) is 0.944. The number of nitrogens with one attached hydrogen (secondary N) is 1. The van der Waals surface area contributed by atoms with E-state index in [0.717, 1.165) is 13.7 Å². The van der Waals surface area contributed by atoms with Gasteiger partial charge in [-0.3, -0.25) is 4.79 Å². The number of hydrogen-bond donors (Lipinski definition) is 1. The molecule has 0 aliphatic heterocycles. The summed E-state index contributed by atoms with van der Waals surface area (Å²) in [4.78, 5) is 16.9. The lowest BCUT2D eigenvalue weighted by Gasteiger charge is -2.00. The van der Waals surface area contributed by atoms with Crippen LogP contribution in [0.3, 0.4) is 0 Å². The van der Waals surface area contributed by atoms with E-state index in [4.69, 9.17) is 0 Å². The Morgan fingerprint density at radius 3 is 3.00 bits per heavy atom. The van der Waals surface area contributed by atoms with Crippen LogP contribution >= 0.6 is 38.6 Å². The van der Waals surface area contributed by atoms with Gasteiger partial charge in [-0.1, -0.05) is 0 Å². The molecule has 2 heterocycles. The first-order valence-corrected chi connectivity index (χ1v) is 7.07. The topological polar surface area (TPSA) is 42.0 Å². The van der Waals surface area contributed by atoms with Crippen molar-refractivity contribution < 1.29 is 4.79 Å². The van der Waals surface area contributed by atoms with Gasteiger partial charge in [0, 0.05) is 16.5 Å². The minimum Gasteiger partial charge on any atom is -0.347 e. The molecule has 0 aliphatic carbocycles. The summed E-state index contributed by atoms with van der Waals surface area (Å²) in [6.07, 6.45) is 1.80. The van der Waals surface area contributed by atoms with Crippen LogP contribution in [0.5, 0.6) is 0 Å². The molecule has 1 N–H and O–H groups in total. The molecule has 2 rings (SSSR count). The third-order valence-electron chi connectivity index (χ3n) is 1.92. The summed E-state index contributed by atoms with van der Waals surface area (Å²) in [6.45, 7) is 2.49. The number of halogens is 1. The number of hydrogen-bond acceptors (Lipinski definition) is 4. The average Bonchev–Trinajstić information content (AvgIpc) is 2.84. The average molecular weight is 317 g/mol. The van der Waals surface area contributed by atoms with E-state index in [9.17, 15) is 4.79 Å². The highest BCUT2D eigenvalue weighted by Gasteiger charge is 2.08. The van der Waals surface area contributed by atoms with Gasteiger partial charge in [-0.15, -0.1) is 22.7 Å². The predicted octanol–water partition coefficient (Wildman–Crippen LogP) is 3.21. The van der Waals surface area contributed by atoms with E-state index in [0.29, 0.717) is 12.1 Å². The van der Waals surface area contributed by atoms with Crippen molar-refractivity contribution in [3.8, 4) is 0 Å². The summed E-state index contributed by atoms with van der Waals surface area (Å²) >= 11 is 6.43. The maximum Gasteiger partial charge on any atom is 0.252 e. The van der Waals surface area contributed by atoms with Gasteiger partial charge in [0.15, 0.2) is 0 Å². The number of aromatic nitrogens is 1. The van der Waals surface area contributed by atoms with Crippen molar-refractivity contribution in [2.24, 2.45) is 0 Å². The fourth-order valence-electron chi connectivity index (χ4n) is 1.19. The van der Waals surface area contributed by atoms with Crippen LogP contribution in [0, 0.1) is 6.92 Å². The molecule has 0 saturated carbocycles. The van der Waals surface area contributed by atoms with Crippen molar-refractivity contribution >= 4 is 44.5 Å². The van der Waals surface area contributed by atoms with Crippen LogP contribution in [0.2, 0.25) is 0 Å². The SMILES string of the molecule is Cc1ncc(CNC(=O)c2csc(Br)c2)s1. The van der Waals surface area contributed by atoms with E-state index in [2.05, 4.69) is 26.2 Å². The molecule has 0 fully saturated rings. The molecular weight excluding hydrogens is 308 g/mol. The number of thiophene rings is 1. The predicted molar refractivity (Wildman–Crippen MR) is 70.0 cm³/mol. The number of thiazole rings is 1. The molecule has 6 heteroatoms. The molecule has 0 atom stereocenters. The van der Waals surface area contributed by atoms with Crippen molar-refractivity contribution in [1.82, 2.24) is 10.3 Å². The molecule has 2 aromatic heterocycles. The Bertz CT molecular complexity index is 506. The second-order valence-electron chi connectivity index (χ2n) is 3.17. The fraction of sp³-hybridized carbons (Fsp3) is 0.200. The Balaban J connectivity index is 1.93. The van der Waals surface area contributed by atoms with Crippen LogP contribution in [0.25, 0.3) is 0 Å². The van der Waals surface area contributed by atoms with Gasteiger partial charge in [-0.25, -0.2) is 4.98 Å². The molecular formula is C10H9BrN2OS2. The number of rotatable bonds is 3. The Morgan fingerprint density at radius 2 is 2.44 bits per heavy atom. The van der Waals surface area contributed by atoms with E-state index >= 15 is 0 Å². The zero-order valence-corrected chi connectivity index (χ0v) is 11.7. The number of amides is 1. The van der Waals surface area contributed by atoms with Crippen LogP contribution in [-0.4, -0.2) is 10.9 Å². The number of aryl methyl sites for hydroxylation is 1. The Hall–Kier alpha value is -0.720. The Morgan fingerprint density at radius 1 is 1.62 bits per heavy atom. The molecule has 0 saturated heterocycles. The lowest BCUT2D eigenvalue weighted by atomic mass is 10.3. The fourth-order valence-corrected chi connectivity index (χ4v) is 3.06. The monoisotopic (exact) mass is 316 g/mol. The van der Waals surface area contributed by atoms with E-state index in [1.54, 1.807) is 17.5 Å². The molecule has 0 unspecified atom stereocenters.